The van der Waals surface area contributed by atoms with Crippen molar-refractivity contribution >= 4 is 32.8 Å². The average molecular weight is 1090 g/mol. The van der Waals surface area contributed by atoms with Gasteiger partial charge in [-0.25, -0.2) is 39.2 Å². The number of Topliss-reactive ketones (excluding diaryl/α,β-unsaturated/α-hetero) is 1. The second kappa shape index (κ2) is 26.2. The number of likely N-dealkylation sites (N-methyl/N-ethyl adjacent to an activating group) is 1. The molecule has 75 heavy (non-hydrogen) atoms. The molecule has 0 spiro atoms. The van der Waals surface area contributed by atoms with E-state index < -0.39 is 86.4 Å². The molecule has 6 aromatic rings. The highest BCUT2D eigenvalue weighted by atomic mass is 32.2. The van der Waals surface area contributed by atoms with Gasteiger partial charge in [-0.1, -0.05) is 0 Å². The van der Waals surface area contributed by atoms with E-state index in [1.54, 1.807) is 31.3 Å². The quantitative estimate of drug-likeness (QED) is 0.0730. The lowest BCUT2D eigenvalue weighted by Crippen LogP contribution is -2.44. The van der Waals surface area contributed by atoms with Crippen molar-refractivity contribution in [2.24, 2.45) is 0 Å². The summed E-state index contributed by atoms with van der Waals surface area (Å²) in [6, 6.07) is 12.8. The van der Waals surface area contributed by atoms with Gasteiger partial charge in [0.15, 0.2) is 28.9 Å². The summed E-state index contributed by atoms with van der Waals surface area (Å²) in [5.74, 6) is -3.82. The number of carbonyl (C=O) groups is 2. The molecule has 2 aliphatic heterocycles. The highest BCUT2D eigenvalue weighted by Gasteiger charge is 2.49. The van der Waals surface area contributed by atoms with Crippen molar-refractivity contribution < 1.29 is 67.0 Å². The van der Waals surface area contributed by atoms with Gasteiger partial charge in [-0.3, -0.25) is 38.6 Å². The molecule has 6 heterocycles. The van der Waals surface area contributed by atoms with Gasteiger partial charge in [0, 0.05) is 66.0 Å². The van der Waals surface area contributed by atoms with Crippen LogP contribution >= 0.6 is 0 Å². The second-order valence-corrected chi connectivity index (χ2v) is 20.3. The van der Waals surface area contributed by atoms with Gasteiger partial charge in [0.25, 0.3) is 0 Å². The number of alkyl halides is 2. The van der Waals surface area contributed by atoms with Gasteiger partial charge in [0.1, 0.15) is 43.0 Å². The highest BCUT2D eigenvalue weighted by Crippen LogP contribution is 2.34. The summed E-state index contributed by atoms with van der Waals surface area (Å²) >= 11 is -2.25. The maximum atomic E-state index is 14.6. The van der Waals surface area contributed by atoms with Crippen LogP contribution in [0.5, 0.6) is 11.5 Å². The molecule has 1 unspecified atom stereocenters. The van der Waals surface area contributed by atoms with Gasteiger partial charge < -0.3 is 19.3 Å². The number of aromatic nitrogens is 4. The van der Waals surface area contributed by atoms with Crippen LogP contribution in [0.1, 0.15) is 61.3 Å². The minimum atomic E-state index is -4.27. The summed E-state index contributed by atoms with van der Waals surface area (Å²) in [6.45, 7) is 5.19. The molecule has 2 fully saturated rings. The predicted molar refractivity (Wildman–Crippen MR) is 258 cm³/mol. The van der Waals surface area contributed by atoms with Gasteiger partial charge in [-0.15, -0.1) is 0 Å². The molecular weight excluding hydrogens is 1040 g/mol. The number of hydrogen-bond donors (Lipinski definition) is 1. The zero-order valence-electron chi connectivity index (χ0n) is 40.7. The molecule has 1 amide bonds. The SMILES string of the molecule is C[C@H]1[C@H](F)C[C@@H](C(=O)CCc2cc(OCc3ccc(F)cn3)c(F)cn2)N1S(=O)(=O)c1ccc(F)cc1.Cc1cncc(COc2cc(CNC(=O)[C@@H]3C[C@@H](F)[C@H](C)N3C)ncc2F)c1.O=S([O-])c1ccc(F)cc1. The number of pyridine rings is 4. The Morgan fingerprint density at radius 1 is 0.720 bits per heavy atom. The number of carbonyl (C=O) groups excluding carboxylic acids is 2. The van der Waals surface area contributed by atoms with E-state index in [1.165, 1.54) is 43.3 Å². The molecule has 24 heteroatoms. The van der Waals surface area contributed by atoms with E-state index >= 15 is 0 Å². The molecule has 4 aromatic heterocycles. The first-order valence-electron chi connectivity index (χ1n) is 23.1. The number of halogens is 7. The van der Waals surface area contributed by atoms with E-state index in [1.807, 2.05) is 13.0 Å². The molecule has 2 aromatic carbocycles. The molecule has 2 aliphatic rings. The van der Waals surface area contributed by atoms with Crippen molar-refractivity contribution in [2.45, 2.75) is 113 Å². The lowest BCUT2D eigenvalue weighted by Gasteiger charge is -2.26. The van der Waals surface area contributed by atoms with Crippen molar-refractivity contribution in [3.8, 4) is 11.5 Å². The molecular formula is C51H51F7N7O8S2-. The molecule has 0 radical (unpaired) electrons. The summed E-state index contributed by atoms with van der Waals surface area (Å²) in [4.78, 5) is 42.8. The van der Waals surface area contributed by atoms with E-state index in [9.17, 15) is 57.5 Å². The summed E-state index contributed by atoms with van der Waals surface area (Å²) in [5.41, 5.74) is 2.93. The number of aryl methyl sites for hydroxylation is 2. The highest BCUT2D eigenvalue weighted by molar-refractivity contribution is 7.89. The Balaban J connectivity index is 0.000000211. The van der Waals surface area contributed by atoms with Crippen LogP contribution in [-0.2, 0) is 56.9 Å². The van der Waals surface area contributed by atoms with Crippen LogP contribution in [-0.4, -0.2) is 102 Å². The van der Waals surface area contributed by atoms with Crippen LogP contribution in [0.4, 0.5) is 30.7 Å². The number of ketones is 1. The first-order chi connectivity index (χ1) is 35.6. The third kappa shape index (κ3) is 15.7. The smallest absolute Gasteiger partial charge is 0.244 e. The zero-order valence-corrected chi connectivity index (χ0v) is 42.4. The number of likely N-dealkylation sites (tertiary alicyclic amines) is 1. The Labute approximate surface area is 430 Å². The Bertz CT molecular complexity index is 3040. The summed E-state index contributed by atoms with van der Waals surface area (Å²) in [5, 5.41) is 2.74. The first kappa shape index (κ1) is 57.5. The third-order valence-electron chi connectivity index (χ3n) is 12.2. The first-order valence-corrected chi connectivity index (χ1v) is 25.6. The summed E-state index contributed by atoms with van der Waals surface area (Å²) in [6.07, 6.45) is 3.48. The number of sulfonamides is 1. The van der Waals surface area contributed by atoms with Crippen LogP contribution in [0.2, 0.25) is 0 Å². The maximum Gasteiger partial charge on any atom is 0.244 e. The largest absolute Gasteiger partial charge is 0.768 e. The Morgan fingerprint density at radius 3 is 1.87 bits per heavy atom. The number of ether oxygens (including phenoxy) is 2. The fourth-order valence-electron chi connectivity index (χ4n) is 7.89. The molecule has 15 nitrogen and oxygen atoms in total. The molecule has 0 bridgehead atoms. The van der Waals surface area contributed by atoms with Crippen molar-refractivity contribution in [1.29, 1.82) is 0 Å². The molecule has 0 saturated carbocycles. The monoisotopic (exact) mass is 1090 g/mol. The fourth-order valence-corrected chi connectivity index (χ4v) is 10.1. The maximum absolute atomic E-state index is 14.6. The van der Waals surface area contributed by atoms with E-state index in [4.69, 9.17) is 9.47 Å². The molecule has 400 valence electrons. The second-order valence-electron chi connectivity index (χ2n) is 17.5. The molecule has 2 saturated heterocycles. The molecule has 1 N–H and O–H groups in total. The predicted octanol–water partition coefficient (Wildman–Crippen LogP) is 7.78. The van der Waals surface area contributed by atoms with Gasteiger partial charge in [-0.2, -0.15) is 4.31 Å². The normalized spacial score (nSPS) is 20.0. The van der Waals surface area contributed by atoms with E-state index in [0.717, 1.165) is 70.4 Å². The van der Waals surface area contributed by atoms with Crippen LogP contribution in [0, 0.1) is 36.0 Å². The molecule has 0 aliphatic carbocycles. The van der Waals surface area contributed by atoms with Crippen molar-refractivity contribution in [2.75, 3.05) is 7.05 Å². The van der Waals surface area contributed by atoms with Gasteiger partial charge >= 0.3 is 0 Å². The van der Waals surface area contributed by atoms with Crippen molar-refractivity contribution in [3.05, 3.63) is 167 Å². The lowest BCUT2D eigenvalue weighted by atomic mass is 10.0. The summed E-state index contributed by atoms with van der Waals surface area (Å²) in [7, 11) is -2.54. The number of nitrogens with zero attached hydrogens (tertiary/aromatic N) is 6. The standard InChI is InChI=1S/C25H23F4N3O4S.C20H24F2N4O2.C6H5FO2S/c1-15-21(28)11-23(32(15)37(34,35)20-7-3-16(26)4-8-20)24(33)9-6-18-10-25(22(29)13-31-18)36-14-19-5-2-17(27)12-30-19;1-12-4-14(8-23-7-12)11-28-19-5-15(24-10-17(19)22)9-25-20(27)18-6-16(21)13(2)26(18)3;7-5-1-3-6(4-2-5)10(8)9/h2-5,7-8,10,12-13,15,21,23H,6,9,11,14H2,1H3;4-5,7-8,10,13,16,18H,6,9,11H2,1-3H3,(H,25,27);1-4H,(H,8,9)/p-1/t15-,21+,23-;13-,16+,18-;/m00./s1. The fraction of sp³-hybridized carbons (Fsp3) is 0.333. The van der Waals surface area contributed by atoms with Gasteiger partial charge in [-0.05, 0) is 118 Å². The molecule has 7 atom stereocenters. The van der Waals surface area contributed by atoms with Crippen LogP contribution in [0.3, 0.4) is 0 Å². The van der Waals surface area contributed by atoms with Gasteiger partial charge in [0.05, 0.1) is 59.5 Å². The Kier molecular flexibility index (Phi) is 20.1. The number of rotatable bonds is 16. The zero-order chi connectivity index (χ0) is 54.6. The Morgan fingerprint density at radius 2 is 1.28 bits per heavy atom. The van der Waals surface area contributed by atoms with E-state index in [2.05, 4.69) is 25.3 Å². The van der Waals surface area contributed by atoms with Crippen molar-refractivity contribution in [3.63, 3.8) is 0 Å². The van der Waals surface area contributed by atoms with E-state index in [0.29, 0.717) is 17.1 Å². The number of benzene rings is 2. The van der Waals surface area contributed by atoms with E-state index in [-0.39, 0.29) is 78.7 Å². The van der Waals surface area contributed by atoms with Crippen LogP contribution in [0.15, 0.2) is 120 Å². The number of hydrogen-bond acceptors (Lipinski definition) is 13. The van der Waals surface area contributed by atoms with Gasteiger partial charge in [0.2, 0.25) is 15.9 Å². The summed E-state index contributed by atoms with van der Waals surface area (Å²) < 4.78 is 153. The topological polar surface area (TPSA) is 197 Å². The number of amides is 1. The van der Waals surface area contributed by atoms with Crippen molar-refractivity contribution in [1.82, 2.24) is 34.5 Å². The average Bonchev–Trinajstić information content (AvgIpc) is 3.84. The molecule has 8 rings (SSSR count). The minimum Gasteiger partial charge on any atom is -0.768 e. The van der Waals surface area contributed by atoms with Crippen LogP contribution in [0.25, 0.3) is 0 Å². The van der Waals surface area contributed by atoms with Crippen LogP contribution < -0.4 is 14.8 Å². The number of nitrogens with one attached hydrogen (secondary N) is 1. The Hall–Kier alpha value is -6.73. The lowest BCUT2D eigenvalue weighted by molar-refractivity contribution is -0.125. The minimum absolute atomic E-state index is 0.0243. The third-order valence-corrected chi connectivity index (χ3v) is 14.8.